The van der Waals surface area contributed by atoms with Crippen molar-refractivity contribution in [2.75, 3.05) is 11.9 Å². The molecule has 4 nitrogen and oxygen atoms in total. The van der Waals surface area contributed by atoms with Gasteiger partial charge in [0.15, 0.2) is 0 Å². The molecule has 4 heteroatoms. The van der Waals surface area contributed by atoms with Crippen LogP contribution in [0.1, 0.15) is 24.5 Å². The van der Waals surface area contributed by atoms with Gasteiger partial charge in [-0.2, -0.15) is 5.26 Å². The molecule has 0 atom stereocenters. The molecule has 0 aromatic carbocycles. The van der Waals surface area contributed by atoms with Gasteiger partial charge < -0.3 is 5.32 Å². The lowest BCUT2D eigenvalue weighted by atomic mass is 10.3. The Morgan fingerprint density at radius 1 is 1.54 bits per heavy atom. The Morgan fingerprint density at radius 2 is 2.38 bits per heavy atom. The van der Waals surface area contributed by atoms with Crippen molar-refractivity contribution in [3.63, 3.8) is 0 Å². The predicted octanol–water partition coefficient (Wildman–Crippen LogP) is 1.29. The second kappa shape index (κ2) is 3.40. The number of nitrogens with one attached hydrogen (secondary N) is 1. The normalized spacial score (nSPS) is 15.0. The van der Waals surface area contributed by atoms with E-state index in [-0.39, 0.29) is 0 Å². The average molecular weight is 174 g/mol. The SMILES string of the molecule is N#CCNc1cc(C2CC2)ncn1. The van der Waals surface area contributed by atoms with Gasteiger partial charge in [0.25, 0.3) is 0 Å². The van der Waals surface area contributed by atoms with Crippen LogP contribution < -0.4 is 5.32 Å². The van der Waals surface area contributed by atoms with Crippen LogP contribution in [0.3, 0.4) is 0 Å². The summed E-state index contributed by atoms with van der Waals surface area (Å²) >= 11 is 0. The van der Waals surface area contributed by atoms with Crippen LogP contribution in [0.2, 0.25) is 0 Å². The van der Waals surface area contributed by atoms with Crippen molar-refractivity contribution < 1.29 is 0 Å². The molecule has 13 heavy (non-hydrogen) atoms. The zero-order chi connectivity index (χ0) is 9.10. The van der Waals surface area contributed by atoms with E-state index in [1.807, 2.05) is 12.1 Å². The van der Waals surface area contributed by atoms with E-state index in [1.54, 1.807) is 6.33 Å². The van der Waals surface area contributed by atoms with Gasteiger partial charge in [0.2, 0.25) is 0 Å². The second-order valence-electron chi connectivity index (χ2n) is 3.11. The number of rotatable bonds is 3. The largest absolute Gasteiger partial charge is 0.357 e. The monoisotopic (exact) mass is 174 g/mol. The van der Waals surface area contributed by atoms with Gasteiger partial charge in [-0.05, 0) is 12.8 Å². The van der Waals surface area contributed by atoms with Gasteiger partial charge in [-0.3, -0.25) is 0 Å². The van der Waals surface area contributed by atoms with Crippen LogP contribution in [-0.2, 0) is 0 Å². The number of nitriles is 1. The molecular formula is C9H10N4. The molecule has 0 amide bonds. The molecule has 1 aromatic heterocycles. The fourth-order valence-corrected chi connectivity index (χ4v) is 1.20. The summed E-state index contributed by atoms with van der Waals surface area (Å²) in [6.07, 6.45) is 4.01. The van der Waals surface area contributed by atoms with Crippen LogP contribution in [-0.4, -0.2) is 16.5 Å². The van der Waals surface area contributed by atoms with Crippen LogP contribution in [0, 0.1) is 11.3 Å². The highest BCUT2D eigenvalue weighted by atomic mass is 15.0. The van der Waals surface area contributed by atoms with Crippen molar-refractivity contribution in [3.8, 4) is 6.07 Å². The molecule has 1 N–H and O–H groups in total. The first-order chi connectivity index (χ1) is 6.40. The molecule has 0 aliphatic heterocycles. The standard InChI is InChI=1S/C9H10N4/c10-3-4-11-9-5-8(7-1-2-7)12-6-13-9/h5-7H,1-2,4H2,(H,11,12,13). The van der Waals surface area contributed by atoms with Crippen LogP contribution in [0.4, 0.5) is 5.82 Å². The van der Waals surface area contributed by atoms with E-state index in [0.29, 0.717) is 12.5 Å². The smallest absolute Gasteiger partial charge is 0.130 e. The van der Waals surface area contributed by atoms with Gasteiger partial charge in [0, 0.05) is 17.7 Å². The van der Waals surface area contributed by atoms with Crippen LogP contribution in [0.5, 0.6) is 0 Å². The van der Waals surface area contributed by atoms with Crippen molar-refractivity contribution >= 4 is 5.82 Å². The maximum Gasteiger partial charge on any atom is 0.130 e. The zero-order valence-corrected chi connectivity index (χ0v) is 7.20. The Hall–Kier alpha value is -1.63. The molecule has 1 heterocycles. The summed E-state index contributed by atoms with van der Waals surface area (Å²) < 4.78 is 0. The predicted molar refractivity (Wildman–Crippen MR) is 48.1 cm³/mol. The van der Waals surface area contributed by atoms with E-state index in [2.05, 4.69) is 15.3 Å². The van der Waals surface area contributed by atoms with Gasteiger partial charge in [0.05, 0.1) is 6.07 Å². The lowest BCUT2D eigenvalue weighted by Gasteiger charge is -2.01. The van der Waals surface area contributed by atoms with E-state index in [4.69, 9.17) is 5.26 Å². The summed E-state index contributed by atoms with van der Waals surface area (Å²) in [5.41, 5.74) is 1.09. The van der Waals surface area contributed by atoms with Crippen molar-refractivity contribution in [3.05, 3.63) is 18.1 Å². The van der Waals surface area contributed by atoms with Crippen LogP contribution >= 0.6 is 0 Å². The maximum absolute atomic E-state index is 8.36. The number of hydrogen-bond donors (Lipinski definition) is 1. The van der Waals surface area contributed by atoms with E-state index in [0.717, 1.165) is 11.5 Å². The molecule has 0 radical (unpaired) electrons. The fraction of sp³-hybridized carbons (Fsp3) is 0.444. The molecule has 1 saturated carbocycles. The third-order valence-corrected chi connectivity index (χ3v) is 2.03. The molecule has 1 aliphatic rings. The summed E-state index contributed by atoms with van der Waals surface area (Å²) in [4.78, 5) is 8.19. The number of anilines is 1. The summed E-state index contributed by atoms with van der Waals surface area (Å²) in [6, 6.07) is 3.93. The minimum Gasteiger partial charge on any atom is -0.357 e. The van der Waals surface area contributed by atoms with Gasteiger partial charge in [-0.1, -0.05) is 0 Å². The molecule has 1 fully saturated rings. The third-order valence-electron chi connectivity index (χ3n) is 2.03. The second-order valence-corrected chi connectivity index (χ2v) is 3.11. The Bertz CT molecular complexity index is 338. The van der Waals surface area contributed by atoms with Gasteiger partial charge in [-0.25, -0.2) is 9.97 Å². The van der Waals surface area contributed by atoms with Crippen molar-refractivity contribution in [1.82, 2.24) is 9.97 Å². The topological polar surface area (TPSA) is 61.6 Å². The first-order valence-electron chi connectivity index (χ1n) is 4.33. The maximum atomic E-state index is 8.36. The molecule has 2 rings (SSSR count). The van der Waals surface area contributed by atoms with Crippen molar-refractivity contribution in [1.29, 1.82) is 5.26 Å². The minimum absolute atomic E-state index is 0.293. The van der Waals surface area contributed by atoms with Crippen molar-refractivity contribution in [2.45, 2.75) is 18.8 Å². The molecule has 0 bridgehead atoms. The minimum atomic E-state index is 0.293. The lowest BCUT2D eigenvalue weighted by Crippen LogP contribution is -2.01. The van der Waals surface area contributed by atoms with Gasteiger partial charge >= 0.3 is 0 Å². The average Bonchev–Trinajstić information content (AvgIpc) is 2.98. The molecule has 1 aliphatic carbocycles. The fourth-order valence-electron chi connectivity index (χ4n) is 1.20. The molecule has 0 spiro atoms. The molecule has 0 unspecified atom stereocenters. The van der Waals surface area contributed by atoms with E-state index in [1.165, 1.54) is 12.8 Å². The number of hydrogen-bond acceptors (Lipinski definition) is 4. The highest BCUT2D eigenvalue weighted by Crippen LogP contribution is 2.39. The lowest BCUT2D eigenvalue weighted by molar-refractivity contribution is 0.985. The Balaban J connectivity index is 2.08. The van der Waals surface area contributed by atoms with Gasteiger partial charge in [-0.15, -0.1) is 0 Å². The van der Waals surface area contributed by atoms with Crippen LogP contribution in [0.25, 0.3) is 0 Å². The summed E-state index contributed by atoms with van der Waals surface area (Å²) in [6.45, 7) is 0.293. The number of nitrogens with zero attached hydrogens (tertiary/aromatic N) is 3. The van der Waals surface area contributed by atoms with Crippen molar-refractivity contribution in [2.24, 2.45) is 0 Å². The Kier molecular flexibility index (Phi) is 2.09. The van der Waals surface area contributed by atoms with E-state index >= 15 is 0 Å². The Morgan fingerprint density at radius 3 is 3.08 bits per heavy atom. The highest BCUT2D eigenvalue weighted by molar-refractivity contribution is 5.37. The third kappa shape index (κ3) is 1.94. The summed E-state index contributed by atoms with van der Waals surface area (Å²) in [7, 11) is 0. The molecule has 66 valence electrons. The first kappa shape index (κ1) is 7.99. The zero-order valence-electron chi connectivity index (χ0n) is 7.20. The summed E-state index contributed by atoms with van der Waals surface area (Å²) in [5.74, 6) is 1.38. The number of aromatic nitrogens is 2. The molecular weight excluding hydrogens is 164 g/mol. The van der Waals surface area contributed by atoms with Gasteiger partial charge in [0.1, 0.15) is 18.7 Å². The highest BCUT2D eigenvalue weighted by Gasteiger charge is 2.25. The van der Waals surface area contributed by atoms with E-state index in [9.17, 15) is 0 Å². The molecule has 0 saturated heterocycles. The quantitative estimate of drug-likeness (QED) is 0.701. The van der Waals surface area contributed by atoms with E-state index < -0.39 is 0 Å². The summed E-state index contributed by atoms with van der Waals surface area (Å²) in [5, 5.41) is 11.3. The van der Waals surface area contributed by atoms with Crippen LogP contribution in [0.15, 0.2) is 12.4 Å². The first-order valence-corrected chi connectivity index (χ1v) is 4.33. The Labute approximate surface area is 76.6 Å². The molecule has 1 aromatic rings.